The molecule has 0 heterocycles. The fourth-order valence-corrected chi connectivity index (χ4v) is 2.01. The van der Waals surface area contributed by atoms with Crippen molar-refractivity contribution in [2.45, 2.75) is 25.3 Å². The average molecular weight is 285 g/mol. The van der Waals surface area contributed by atoms with Crippen molar-refractivity contribution in [3.8, 4) is 12.3 Å². The Balaban J connectivity index is 2.74. The summed E-state index contributed by atoms with van der Waals surface area (Å²) < 4.78 is 13.9. The van der Waals surface area contributed by atoms with E-state index in [9.17, 15) is 4.39 Å². The Bertz CT molecular complexity index is 367. The van der Waals surface area contributed by atoms with E-state index in [-0.39, 0.29) is 11.9 Å². The number of nitrogens with two attached hydrogens (primary N) is 1. The van der Waals surface area contributed by atoms with Gasteiger partial charge in [-0.3, -0.25) is 11.3 Å². The van der Waals surface area contributed by atoms with E-state index in [0.29, 0.717) is 10.9 Å². The summed E-state index contributed by atoms with van der Waals surface area (Å²) >= 11 is 3.25. The van der Waals surface area contributed by atoms with E-state index in [1.807, 2.05) is 6.07 Å². The van der Waals surface area contributed by atoms with Crippen LogP contribution in [-0.4, -0.2) is 0 Å². The summed E-state index contributed by atoms with van der Waals surface area (Å²) in [7, 11) is 0. The van der Waals surface area contributed by atoms with Gasteiger partial charge in [-0.2, -0.15) is 0 Å². The number of rotatable bonds is 5. The van der Waals surface area contributed by atoms with Crippen molar-refractivity contribution in [3.63, 3.8) is 0 Å². The van der Waals surface area contributed by atoms with Gasteiger partial charge in [-0.1, -0.05) is 15.9 Å². The predicted octanol–water partition coefficient (Wildman–Crippen LogP) is 2.90. The number of hydrazine groups is 1. The molecule has 0 saturated heterocycles. The van der Waals surface area contributed by atoms with Gasteiger partial charge in [0.1, 0.15) is 5.82 Å². The summed E-state index contributed by atoms with van der Waals surface area (Å²) in [6.07, 6.45) is 7.53. The van der Waals surface area contributed by atoms with Gasteiger partial charge in [0.25, 0.3) is 0 Å². The minimum Gasteiger partial charge on any atom is -0.271 e. The highest BCUT2D eigenvalue weighted by atomic mass is 79.9. The van der Waals surface area contributed by atoms with Gasteiger partial charge in [0, 0.05) is 16.9 Å². The first kappa shape index (κ1) is 13.2. The first-order valence-electron chi connectivity index (χ1n) is 5.03. The summed E-state index contributed by atoms with van der Waals surface area (Å²) in [6, 6.07) is 4.67. The van der Waals surface area contributed by atoms with Gasteiger partial charge in [0.05, 0.1) is 0 Å². The molecule has 0 saturated carbocycles. The fourth-order valence-electron chi connectivity index (χ4n) is 1.53. The van der Waals surface area contributed by atoms with Gasteiger partial charge < -0.3 is 0 Å². The molecule has 0 amide bonds. The Labute approximate surface area is 104 Å². The van der Waals surface area contributed by atoms with Crippen LogP contribution in [0.1, 0.15) is 30.9 Å². The zero-order chi connectivity index (χ0) is 12.0. The van der Waals surface area contributed by atoms with Crippen molar-refractivity contribution in [3.05, 3.63) is 34.1 Å². The van der Waals surface area contributed by atoms with Crippen molar-refractivity contribution in [1.82, 2.24) is 5.43 Å². The summed E-state index contributed by atoms with van der Waals surface area (Å²) in [5.74, 6) is 7.74. The Morgan fingerprint density at radius 3 is 2.81 bits per heavy atom. The maximum Gasteiger partial charge on any atom is 0.124 e. The minimum atomic E-state index is -0.276. The molecule has 0 radical (unpaired) electrons. The molecule has 0 bridgehead atoms. The van der Waals surface area contributed by atoms with Crippen LogP contribution in [0.3, 0.4) is 0 Å². The Morgan fingerprint density at radius 1 is 1.50 bits per heavy atom. The van der Waals surface area contributed by atoms with Crippen LogP contribution >= 0.6 is 15.9 Å². The lowest BCUT2D eigenvalue weighted by molar-refractivity contribution is 0.498. The highest BCUT2D eigenvalue weighted by Crippen LogP contribution is 2.23. The number of terminal acetylenes is 1. The van der Waals surface area contributed by atoms with Crippen molar-refractivity contribution in [2.24, 2.45) is 5.84 Å². The molecule has 0 aromatic heterocycles. The lowest BCUT2D eigenvalue weighted by atomic mass is 10.0. The fraction of sp³-hybridized carbons (Fsp3) is 0.333. The van der Waals surface area contributed by atoms with Gasteiger partial charge in [-0.05, 0) is 36.6 Å². The van der Waals surface area contributed by atoms with Crippen LogP contribution in [0.15, 0.2) is 22.7 Å². The molecular weight excluding hydrogens is 271 g/mol. The van der Waals surface area contributed by atoms with Crippen LogP contribution in [0.25, 0.3) is 0 Å². The number of benzene rings is 1. The van der Waals surface area contributed by atoms with Crippen LogP contribution in [0.5, 0.6) is 0 Å². The number of halogens is 2. The third kappa shape index (κ3) is 3.93. The molecule has 0 aliphatic rings. The molecule has 1 rings (SSSR count). The molecule has 1 unspecified atom stereocenters. The van der Waals surface area contributed by atoms with E-state index in [2.05, 4.69) is 27.3 Å². The van der Waals surface area contributed by atoms with Gasteiger partial charge in [0.15, 0.2) is 0 Å². The van der Waals surface area contributed by atoms with E-state index in [1.165, 1.54) is 12.1 Å². The molecule has 0 fully saturated rings. The normalized spacial score (nSPS) is 12.1. The van der Waals surface area contributed by atoms with E-state index in [0.717, 1.165) is 18.4 Å². The smallest absolute Gasteiger partial charge is 0.124 e. The highest BCUT2D eigenvalue weighted by molar-refractivity contribution is 9.10. The van der Waals surface area contributed by atoms with Crippen LogP contribution < -0.4 is 11.3 Å². The summed E-state index contributed by atoms with van der Waals surface area (Å²) in [6.45, 7) is 0. The molecule has 2 nitrogen and oxygen atoms in total. The third-order valence-electron chi connectivity index (χ3n) is 2.30. The number of hydrogen-bond acceptors (Lipinski definition) is 2. The molecule has 1 aromatic rings. The highest BCUT2D eigenvalue weighted by Gasteiger charge is 2.10. The standard InChI is InChI=1S/C12H14BrFN2/c1-2-3-4-5-12(16-15)9-6-10(13)8-11(14)7-9/h1,6-8,12,16H,3-5,15H2. The largest absolute Gasteiger partial charge is 0.271 e. The van der Waals surface area contributed by atoms with E-state index >= 15 is 0 Å². The first-order valence-corrected chi connectivity index (χ1v) is 5.82. The average Bonchev–Trinajstić information content (AvgIpc) is 2.23. The molecule has 0 spiro atoms. The summed E-state index contributed by atoms with van der Waals surface area (Å²) in [5.41, 5.74) is 3.50. The zero-order valence-electron chi connectivity index (χ0n) is 8.84. The summed E-state index contributed by atoms with van der Waals surface area (Å²) in [4.78, 5) is 0. The van der Waals surface area contributed by atoms with Gasteiger partial charge in [0.2, 0.25) is 0 Å². The SMILES string of the molecule is C#CCCCC(NN)c1cc(F)cc(Br)c1. The quantitative estimate of drug-likeness (QED) is 0.378. The van der Waals surface area contributed by atoms with Crippen molar-refractivity contribution >= 4 is 15.9 Å². The molecule has 0 aliphatic heterocycles. The summed E-state index contributed by atoms with van der Waals surface area (Å²) in [5, 5.41) is 0. The van der Waals surface area contributed by atoms with Gasteiger partial charge in [-0.25, -0.2) is 4.39 Å². The molecular formula is C12H14BrFN2. The topological polar surface area (TPSA) is 38.0 Å². The lowest BCUT2D eigenvalue weighted by Crippen LogP contribution is -2.28. The number of hydrogen-bond donors (Lipinski definition) is 2. The minimum absolute atomic E-state index is 0.0691. The molecule has 0 aliphatic carbocycles. The van der Waals surface area contributed by atoms with Crippen molar-refractivity contribution in [1.29, 1.82) is 0 Å². The Morgan fingerprint density at radius 2 is 2.25 bits per heavy atom. The second-order valence-electron chi connectivity index (χ2n) is 3.52. The monoisotopic (exact) mass is 284 g/mol. The predicted molar refractivity (Wildman–Crippen MR) is 66.8 cm³/mol. The van der Waals surface area contributed by atoms with Crippen LogP contribution in [0, 0.1) is 18.2 Å². The Hall–Kier alpha value is -0.890. The number of unbranched alkanes of at least 4 members (excludes halogenated alkanes) is 1. The van der Waals surface area contributed by atoms with Crippen LogP contribution in [-0.2, 0) is 0 Å². The van der Waals surface area contributed by atoms with Crippen LogP contribution in [0.4, 0.5) is 4.39 Å². The molecule has 86 valence electrons. The second-order valence-corrected chi connectivity index (χ2v) is 4.43. The zero-order valence-corrected chi connectivity index (χ0v) is 10.4. The third-order valence-corrected chi connectivity index (χ3v) is 2.76. The molecule has 4 heteroatoms. The van der Waals surface area contributed by atoms with Gasteiger partial charge in [-0.15, -0.1) is 12.3 Å². The number of nitrogens with one attached hydrogen (secondary N) is 1. The van der Waals surface area contributed by atoms with E-state index in [4.69, 9.17) is 12.3 Å². The van der Waals surface area contributed by atoms with Crippen molar-refractivity contribution < 1.29 is 4.39 Å². The molecule has 1 aromatic carbocycles. The lowest BCUT2D eigenvalue weighted by Gasteiger charge is -2.16. The maximum atomic E-state index is 13.2. The Kier molecular flexibility index (Phi) is 5.47. The first-order chi connectivity index (χ1) is 7.67. The van der Waals surface area contributed by atoms with E-state index < -0.39 is 0 Å². The van der Waals surface area contributed by atoms with Crippen LogP contribution in [0.2, 0.25) is 0 Å². The molecule has 1 atom stereocenters. The van der Waals surface area contributed by atoms with Gasteiger partial charge >= 0.3 is 0 Å². The van der Waals surface area contributed by atoms with E-state index in [1.54, 1.807) is 0 Å². The second kappa shape index (κ2) is 6.64. The van der Waals surface area contributed by atoms with Crippen molar-refractivity contribution in [2.75, 3.05) is 0 Å². The molecule has 16 heavy (non-hydrogen) atoms. The molecule has 3 N–H and O–H groups in total. The maximum absolute atomic E-state index is 13.2.